The van der Waals surface area contributed by atoms with Crippen molar-refractivity contribution in [1.82, 2.24) is 9.03 Å². The van der Waals surface area contributed by atoms with Crippen LogP contribution in [0.5, 0.6) is 0 Å². The highest BCUT2D eigenvalue weighted by molar-refractivity contribution is 7.95. The Balaban J connectivity index is 2.23. The fourth-order valence-corrected chi connectivity index (χ4v) is 2.87. The van der Waals surface area contributed by atoms with Crippen molar-refractivity contribution in [2.24, 2.45) is 0 Å². The minimum absolute atomic E-state index is 0.237. The molecule has 0 radical (unpaired) electrons. The summed E-state index contributed by atoms with van der Waals surface area (Å²) in [5.41, 5.74) is 1.65. The van der Waals surface area contributed by atoms with E-state index in [1.807, 2.05) is 0 Å². The summed E-state index contributed by atoms with van der Waals surface area (Å²) < 4.78 is 5.61. The van der Waals surface area contributed by atoms with Gasteiger partial charge in [0.05, 0.1) is 0 Å². The van der Waals surface area contributed by atoms with Gasteiger partial charge in [0.1, 0.15) is 0 Å². The average molecular weight is 208 g/mol. The van der Waals surface area contributed by atoms with Crippen LogP contribution in [0.25, 0.3) is 0 Å². The first-order valence-electron chi connectivity index (χ1n) is 4.87. The van der Waals surface area contributed by atoms with E-state index < -0.39 is 0 Å². The summed E-state index contributed by atoms with van der Waals surface area (Å²) in [5.74, 6) is 0. The van der Waals surface area contributed by atoms with Crippen molar-refractivity contribution in [1.29, 1.82) is 0 Å². The Morgan fingerprint density at radius 2 is 2.07 bits per heavy atom. The standard InChI is InChI=1S/C11H16N2S/c1-11(8-12-14-13(2)9-11)10-6-4-3-5-7-10/h3-7,12H,8-9H2,1-2H3. The van der Waals surface area contributed by atoms with Gasteiger partial charge in [0.25, 0.3) is 0 Å². The van der Waals surface area contributed by atoms with Gasteiger partial charge in [-0.05, 0) is 12.6 Å². The van der Waals surface area contributed by atoms with Gasteiger partial charge < -0.3 is 0 Å². The van der Waals surface area contributed by atoms with Gasteiger partial charge in [0.15, 0.2) is 0 Å². The molecule has 1 aromatic rings. The molecule has 1 aliphatic rings. The van der Waals surface area contributed by atoms with Crippen LogP contribution in [0.4, 0.5) is 0 Å². The molecule has 2 nitrogen and oxygen atoms in total. The highest BCUT2D eigenvalue weighted by atomic mass is 32.2. The number of nitrogens with zero attached hydrogens (tertiary/aromatic N) is 1. The van der Waals surface area contributed by atoms with E-state index in [-0.39, 0.29) is 5.41 Å². The number of likely N-dealkylation sites (N-methyl/N-ethyl adjacent to an activating group) is 1. The molecule has 76 valence electrons. The molecule has 14 heavy (non-hydrogen) atoms. The smallest absolute Gasteiger partial charge is 0.0205 e. The SMILES string of the molecule is CN1CC(C)(c2ccccc2)CNS1. The molecule has 0 spiro atoms. The maximum Gasteiger partial charge on any atom is 0.0205 e. The molecule has 1 heterocycles. The van der Waals surface area contributed by atoms with Crippen LogP contribution in [0.15, 0.2) is 30.3 Å². The fourth-order valence-electron chi connectivity index (χ4n) is 1.92. The molecule has 0 aliphatic carbocycles. The fraction of sp³-hybridized carbons (Fsp3) is 0.455. The predicted molar refractivity (Wildman–Crippen MR) is 62.0 cm³/mol. The normalized spacial score (nSPS) is 29.0. The van der Waals surface area contributed by atoms with Gasteiger partial charge in [-0.3, -0.25) is 0 Å². The highest BCUT2D eigenvalue weighted by Crippen LogP contribution is 2.29. The van der Waals surface area contributed by atoms with Crippen LogP contribution in [-0.4, -0.2) is 24.4 Å². The summed E-state index contributed by atoms with van der Waals surface area (Å²) in [5, 5.41) is 0. The molecule has 1 saturated heterocycles. The number of hydrogen-bond donors (Lipinski definition) is 1. The van der Waals surface area contributed by atoms with Crippen LogP contribution < -0.4 is 4.72 Å². The number of benzene rings is 1. The average Bonchev–Trinajstić information content (AvgIpc) is 2.19. The third-order valence-electron chi connectivity index (χ3n) is 2.73. The quantitative estimate of drug-likeness (QED) is 0.711. The lowest BCUT2D eigenvalue weighted by Gasteiger charge is -2.38. The van der Waals surface area contributed by atoms with E-state index in [4.69, 9.17) is 0 Å². The van der Waals surface area contributed by atoms with Crippen LogP contribution >= 0.6 is 12.1 Å². The van der Waals surface area contributed by atoms with E-state index in [2.05, 4.69) is 53.3 Å². The van der Waals surface area contributed by atoms with Crippen molar-refractivity contribution in [3.05, 3.63) is 35.9 Å². The molecular weight excluding hydrogens is 192 g/mol. The Morgan fingerprint density at radius 3 is 2.71 bits per heavy atom. The maximum absolute atomic E-state index is 3.37. The Labute approximate surface area is 90.0 Å². The molecule has 1 fully saturated rings. The van der Waals surface area contributed by atoms with E-state index in [1.165, 1.54) is 5.56 Å². The summed E-state index contributed by atoms with van der Waals surface area (Å²) in [7, 11) is 2.12. The van der Waals surface area contributed by atoms with Gasteiger partial charge in [-0.1, -0.05) is 37.3 Å². The molecule has 3 heteroatoms. The van der Waals surface area contributed by atoms with E-state index in [1.54, 1.807) is 12.1 Å². The molecule has 0 amide bonds. The zero-order chi connectivity index (χ0) is 10.0. The molecule has 0 bridgehead atoms. The second kappa shape index (κ2) is 3.93. The Hall–Kier alpha value is -0.510. The number of nitrogens with one attached hydrogen (secondary N) is 1. The lowest BCUT2D eigenvalue weighted by Crippen LogP contribution is -2.46. The topological polar surface area (TPSA) is 15.3 Å². The molecule has 1 atom stereocenters. The Morgan fingerprint density at radius 1 is 1.36 bits per heavy atom. The second-order valence-electron chi connectivity index (χ2n) is 4.13. The van der Waals surface area contributed by atoms with Crippen LogP contribution in [-0.2, 0) is 5.41 Å². The van der Waals surface area contributed by atoms with Crippen LogP contribution in [0.3, 0.4) is 0 Å². The van der Waals surface area contributed by atoms with Crippen molar-refractivity contribution in [2.45, 2.75) is 12.3 Å². The molecule has 0 saturated carbocycles. The lowest BCUT2D eigenvalue weighted by atomic mass is 9.82. The second-order valence-corrected chi connectivity index (χ2v) is 5.22. The van der Waals surface area contributed by atoms with E-state index in [0.717, 1.165) is 13.1 Å². The maximum atomic E-state index is 3.37. The van der Waals surface area contributed by atoms with Gasteiger partial charge in [0.2, 0.25) is 0 Å². The van der Waals surface area contributed by atoms with Gasteiger partial charge >= 0.3 is 0 Å². The molecule has 1 unspecified atom stereocenters. The summed E-state index contributed by atoms with van der Waals surface area (Å²) in [6.07, 6.45) is 0. The first-order valence-corrected chi connectivity index (χ1v) is 5.64. The third kappa shape index (κ3) is 1.95. The largest absolute Gasteiger partial charge is 0.250 e. The molecule has 0 aromatic heterocycles. The molecule has 1 aromatic carbocycles. The summed E-state index contributed by atoms with van der Waals surface area (Å²) >= 11 is 1.70. The first kappa shape index (κ1) is 10.0. The number of hydrogen-bond acceptors (Lipinski definition) is 3. The van der Waals surface area contributed by atoms with E-state index in [0.29, 0.717) is 0 Å². The van der Waals surface area contributed by atoms with Crippen molar-refractivity contribution < 1.29 is 0 Å². The summed E-state index contributed by atoms with van der Waals surface area (Å²) in [4.78, 5) is 0. The van der Waals surface area contributed by atoms with Crippen molar-refractivity contribution >= 4 is 12.1 Å². The van der Waals surface area contributed by atoms with Crippen LogP contribution in [0.2, 0.25) is 0 Å². The Kier molecular flexibility index (Phi) is 2.81. The van der Waals surface area contributed by atoms with Crippen LogP contribution in [0, 0.1) is 0 Å². The van der Waals surface area contributed by atoms with E-state index >= 15 is 0 Å². The summed E-state index contributed by atoms with van der Waals surface area (Å²) in [6, 6.07) is 10.7. The zero-order valence-electron chi connectivity index (χ0n) is 8.66. The first-order chi connectivity index (χ1) is 6.71. The van der Waals surface area contributed by atoms with Gasteiger partial charge in [-0.25, -0.2) is 9.03 Å². The van der Waals surface area contributed by atoms with Crippen molar-refractivity contribution in [3.63, 3.8) is 0 Å². The molecular formula is C11H16N2S. The highest BCUT2D eigenvalue weighted by Gasteiger charge is 2.31. The number of rotatable bonds is 1. The summed E-state index contributed by atoms with van der Waals surface area (Å²) in [6.45, 7) is 4.44. The zero-order valence-corrected chi connectivity index (χ0v) is 9.47. The van der Waals surface area contributed by atoms with Crippen molar-refractivity contribution in [2.75, 3.05) is 20.1 Å². The monoisotopic (exact) mass is 208 g/mol. The predicted octanol–water partition coefficient (Wildman–Crippen LogP) is 2.04. The molecule has 2 rings (SSSR count). The molecule has 1 N–H and O–H groups in total. The lowest BCUT2D eigenvalue weighted by molar-refractivity contribution is 0.350. The van der Waals surface area contributed by atoms with Gasteiger partial charge in [-0.2, -0.15) is 0 Å². The van der Waals surface area contributed by atoms with Crippen LogP contribution in [0.1, 0.15) is 12.5 Å². The van der Waals surface area contributed by atoms with Gasteiger partial charge in [-0.15, -0.1) is 0 Å². The third-order valence-corrected chi connectivity index (χ3v) is 3.44. The van der Waals surface area contributed by atoms with Gasteiger partial charge in [0, 0.05) is 30.6 Å². The minimum atomic E-state index is 0.237. The van der Waals surface area contributed by atoms with Crippen molar-refractivity contribution in [3.8, 4) is 0 Å². The minimum Gasteiger partial charge on any atom is -0.250 e. The van der Waals surface area contributed by atoms with E-state index in [9.17, 15) is 0 Å². The molecule has 1 aliphatic heterocycles. The Bertz CT molecular complexity index is 301.